The van der Waals surface area contributed by atoms with Gasteiger partial charge >= 0.3 is 26.2 Å². The van der Waals surface area contributed by atoms with E-state index in [1.54, 1.807) is 0 Å². The molecule has 0 aromatic carbocycles. The van der Waals surface area contributed by atoms with Gasteiger partial charge in [-0.2, -0.15) is 22.3 Å². The van der Waals surface area contributed by atoms with Gasteiger partial charge in [-0.25, -0.2) is 11.1 Å². The molecule has 0 aliphatic heterocycles. The Morgan fingerprint density at radius 3 is 0.955 bits per heavy atom. The smallest absolute Gasteiger partial charge is 1.00 e. The average molecular weight is 436 g/mol. The van der Waals surface area contributed by atoms with Crippen LogP contribution in [0.1, 0.15) is 54.4 Å². The van der Waals surface area contributed by atoms with E-state index < -0.39 is 0 Å². The minimum atomic E-state index is 0. The average Bonchev–Trinajstić information content (AvgIpc) is 2.82. The van der Waals surface area contributed by atoms with E-state index in [0.29, 0.717) is 0 Å². The predicted molar refractivity (Wildman–Crippen MR) is 89.7 cm³/mol. The summed E-state index contributed by atoms with van der Waals surface area (Å²) in [5, 5.41) is 0. The topological polar surface area (TPSA) is 0 Å². The van der Waals surface area contributed by atoms with E-state index in [9.17, 15) is 0 Å². The molecule has 2 aliphatic carbocycles. The van der Waals surface area contributed by atoms with Crippen LogP contribution >= 0.6 is 0 Å². The van der Waals surface area contributed by atoms with Crippen molar-refractivity contribution < 1.29 is 51.0 Å². The zero-order valence-corrected chi connectivity index (χ0v) is 20.4. The summed E-state index contributed by atoms with van der Waals surface area (Å²) in [6.45, 7) is 17.3. The van der Waals surface area contributed by atoms with Gasteiger partial charge < -0.3 is 24.8 Å². The molecule has 0 bridgehead atoms. The largest absolute Gasteiger partial charge is 4.00 e. The van der Waals surface area contributed by atoms with Crippen LogP contribution in [0.25, 0.3) is 0 Å². The Labute approximate surface area is 172 Å². The molecule has 0 fully saturated rings. The van der Waals surface area contributed by atoms with Gasteiger partial charge in [0, 0.05) is 9.52 Å². The van der Waals surface area contributed by atoms with Crippen molar-refractivity contribution >= 4 is 9.52 Å². The van der Waals surface area contributed by atoms with Gasteiger partial charge in [0.15, 0.2) is 0 Å². The SMILES string of the molecule is CC1=[C-]CC(C)=C1C.CC1=[C-]CC(C)=C1C.C[SiH]C.[Cl-].[Cl-].[Zr+4]. The molecular weight excluding hydrogens is 406 g/mol. The molecule has 0 saturated carbocycles. The summed E-state index contributed by atoms with van der Waals surface area (Å²) in [6.07, 6.45) is 8.63. The summed E-state index contributed by atoms with van der Waals surface area (Å²) in [5.74, 6) is 0. The van der Waals surface area contributed by atoms with Crippen LogP contribution in [0.15, 0.2) is 33.4 Å². The summed E-state index contributed by atoms with van der Waals surface area (Å²) >= 11 is 0. The first-order valence-electron chi connectivity index (χ1n) is 7.07. The zero-order valence-electron chi connectivity index (χ0n) is 15.2. The van der Waals surface area contributed by atoms with Gasteiger partial charge in [0.2, 0.25) is 0 Å². The summed E-state index contributed by atoms with van der Waals surface area (Å²) in [7, 11) is 0.750. The quantitative estimate of drug-likeness (QED) is 0.355. The van der Waals surface area contributed by atoms with E-state index in [0.717, 1.165) is 22.4 Å². The molecule has 0 spiro atoms. The zero-order chi connectivity index (χ0) is 15.0. The van der Waals surface area contributed by atoms with Gasteiger partial charge in [-0.3, -0.25) is 12.2 Å². The van der Waals surface area contributed by atoms with E-state index in [4.69, 9.17) is 0 Å². The van der Waals surface area contributed by atoms with Gasteiger partial charge in [-0.05, 0) is 0 Å². The fraction of sp³-hybridized carbons (Fsp3) is 0.556. The van der Waals surface area contributed by atoms with Gasteiger partial charge in [-0.15, -0.1) is 26.7 Å². The third-order valence-corrected chi connectivity index (χ3v) is 3.64. The molecule has 0 nitrogen and oxygen atoms in total. The number of hydrogen-bond donors (Lipinski definition) is 0. The maximum Gasteiger partial charge on any atom is 4.00 e. The number of rotatable bonds is 0. The molecule has 0 saturated heterocycles. The van der Waals surface area contributed by atoms with E-state index in [-0.39, 0.29) is 51.0 Å². The Balaban J connectivity index is -0.000000112. The molecule has 0 amide bonds. The number of allylic oxidation sites excluding steroid dienone is 8. The molecule has 1 radical (unpaired) electrons. The first-order valence-corrected chi connectivity index (χ1v) is 9.38. The van der Waals surface area contributed by atoms with Crippen molar-refractivity contribution in [3.05, 3.63) is 45.6 Å². The van der Waals surface area contributed by atoms with Crippen molar-refractivity contribution in [2.75, 3.05) is 0 Å². The fourth-order valence-electron chi connectivity index (χ4n) is 1.70. The first-order chi connectivity index (χ1) is 8.84. The molecule has 0 aromatic rings. The normalized spacial score (nSPS) is 15.1. The summed E-state index contributed by atoms with van der Waals surface area (Å²) in [5.41, 5.74) is 8.49. The summed E-state index contributed by atoms with van der Waals surface area (Å²) in [4.78, 5) is 0. The van der Waals surface area contributed by atoms with E-state index >= 15 is 0 Å². The van der Waals surface area contributed by atoms with Gasteiger partial charge in [0.1, 0.15) is 0 Å². The second-order valence-corrected chi connectivity index (χ2v) is 6.50. The molecule has 4 heteroatoms. The van der Waals surface area contributed by atoms with Crippen LogP contribution in [0, 0.1) is 12.2 Å². The molecule has 0 N–H and O–H groups in total. The van der Waals surface area contributed by atoms with Crippen LogP contribution in [0.4, 0.5) is 0 Å². The standard InChI is InChI=1S/2C8H11.C2H7Si.2ClH.Zr/c2*1-6-4-5-7(2)8(6)3;1-3-2;;;/h2*4H2,1-3H3;3H,1-2H3;2*1H;/q2*-1;;;;+4/p-2. The molecule has 0 heterocycles. The third kappa shape index (κ3) is 11.2. The molecule has 0 aromatic heterocycles. The first kappa shape index (κ1) is 30.5. The number of hydrogen-bond acceptors (Lipinski definition) is 0. The van der Waals surface area contributed by atoms with Crippen LogP contribution < -0.4 is 24.8 Å². The third-order valence-electron chi connectivity index (χ3n) is 3.64. The van der Waals surface area contributed by atoms with E-state index in [1.807, 2.05) is 0 Å². The maximum atomic E-state index is 3.26. The van der Waals surface area contributed by atoms with Crippen molar-refractivity contribution in [1.29, 1.82) is 0 Å². The Kier molecular flexibility index (Phi) is 22.9. The van der Waals surface area contributed by atoms with Crippen molar-refractivity contribution in [2.24, 2.45) is 0 Å². The molecule has 2 aliphatic rings. The molecule has 123 valence electrons. The van der Waals surface area contributed by atoms with Crippen molar-refractivity contribution in [2.45, 2.75) is 67.5 Å². The minimum Gasteiger partial charge on any atom is -1.00 e. The van der Waals surface area contributed by atoms with E-state index in [1.165, 1.54) is 33.4 Å². The molecule has 22 heavy (non-hydrogen) atoms. The molecule has 0 unspecified atom stereocenters. The summed E-state index contributed by atoms with van der Waals surface area (Å²) < 4.78 is 0. The van der Waals surface area contributed by atoms with Crippen LogP contribution in [0.2, 0.25) is 13.1 Å². The fourth-order valence-corrected chi connectivity index (χ4v) is 1.70. The molecule has 0 atom stereocenters. The molecular formula is C18H29Cl2SiZr. The van der Waals surface area contributed by atoms with Gasteiger partial charge in [-0.1, -0.05) is 40.8 Å². The second kappa shape index (κ2) is 16.5. The van der Waals surface area contributed by atoms with E-state index in [2.05, 4.69) is 66.8 Å². The Morgan fingerprint density at radius 1 is 0.682 bits per heavy atom. The van der Waals surface area contributed by atoms with Gasteiger partial charge in [0.25, 0.3) is 0 Å². The van der Waals surface area contributed by atoms with Gasteiger partial charge in [0.05, 0.1) is 0 Å². The van der Waals surface area contributed by atoms with Crippen LogP contribution in [0.3, 0.4) is 0 Å². The Morgan fingerprint density at radius 2 is 0.909 bits per heavy atom. The monoisotopic (exact) mass is 433 g/mol. The number of halogens is 2. The minimum absolute atomic E-state index is 0. The van der Waals surface area contributed by atoms with Crippen molar-refractivity contribution in [3.8, 4) is 0 Å². The molecule has 2 rings (SSSR count). The second-order valence-electron chi connectivity index (χ2n) is 5.35. The predicted octanol–water partition coefficient (Wildman–Crippen LogP) is -0.523. The summed E-state index contributed by atoms with van der Waals surface area (Å²) in [6, 6.07) is 0. The van der Waals surface area contributed by atoms with Crippen LogP contribution in [-0.2, 0) is 26.2 Å². The van der Waals surface area contributed by atoms with Crippen LogP contribution in [-0.4, -0.2) is 9.52 Å². The Hall–Kier alpha value is 0.640. The van der Waals surface area contributed by atoms with Crippen LogP contribution in [0.5, 0.6) is 0 Å². The Bertz CT molecular complexity index is 381. The maximum absolute atomic E-state index is 3.26. The van der Waals surface area contributed by atoms with Crippen molar-refractivity contribution in [1.82, 2.24) is 0 Å². The van der Waals surface area contributed by atoms with Crippen molar-refractivity contribution in [3.63, 3.8) is 0 Å².